The summed E-state index contributed by atoms with van der Waals surface area (Å²) in [4.78, 5) is 13.2. The molecule has 1 rings (SSSR count). The lowest BCUT2D eigenvalue weighted by Crippen LogP contribution is -2.38. The van der Waals surface area contributed by atoms with E-state index in [2.05, 4.69) is 11.8 Å². The molecule has 2 N–H and O–H groups in total. The lowest BCUT2D eigenvalue weighted by Gasteiger charge is -2.27. The Kier molecular flexibility index (Phi) is 3.69. The van der Waals surface area contributed by atoms with Gasteiger partial charge in [0.25, 0.3) is 0 Å². The number of hydrogen-bond acceptors (Lipinski definition) is 3. The summed E-state index contributed by atoms with van der Waals surface area (Å²) in [5, 5.41) is 0. The molecule has 0 aromatic heterocycles. The molecule has 1 aliphatic rings. The van der Waals surface area contributed by atoms with Crippen molar-refractivity contribution in [1.82, 2.24) is 4.90 Å². The molecule has 0 aromatic carbocycles. The van der Waals surface area contributed by atoms with Crippen LogP contribution in [0.2, 0.25) is 0 Å². The Balaban J connectivity index is 2.21. The zero-order chi connectivity index (χ0) is 8.97. The summed E-state index contributed by atoms with van der Waals surface area (Å²) >= 11 is 0. The summed E-state index contributed by atoms with van der Waals surface area (Å²) in [5.74, 6) is 0.963. The van der Waals surface area contributed by atoms with E-state index in [0.717, 1.165) is 39.0 Å². The Morgan fingerprint density at radius 1 is 1.50 bits per heavy atom. The van der Waals surface area contributed by atoms with Crippen molar-refractivity contribution in [3.63, 3.8) is 0 Å². The van der Waals surface area contributed by atoms with E-state index in [0.29, 0.717) is 11.7 Å². The smallest absolute Gasteiger partial charge is 0.135 e. The van der Waals surface area contributed by atoms with Gasteiger partial charge in [-0.1, -0.05) is 6.92 Å². The largest absolute Gasteiger partial charge is 0.330 e. The molecule has 1 fully saturated rings. The fourth-order valence-corrected chi connectivity index (χ4v) is 1.50. The third-order valence-electron chi connectivity index (χ3n) is 2.39. The summed E-state index contributed by atoms with van der Waals surface area (Å²) in [6.07, 6.45) is 1.47. The van der Waals surface area contributed by atoms with Crippen LogP contribution in [0.5, 0.6) is 0 Å². The number of nitrogens with two attached hydrogens (primary N) is 1. The summed E-state index contributed by atoms with van der Waals surface area (Å²) < 4.78 is 0. The molecule has 0 aromatic rings. The van der Waals surface area contributed by atoms with E-state index < -0.39 is 0 Å². The fraction of sp³-hybridized carbons (Fsp3) is 0.889. The van der Waals surface area contributed by atoms with Crippen molar-refractivity contribution in [3.8, 4) is 0 Å². The maximum Gasteiger partial charge on any atom is 0.135 e. The Morgan fingerprint density at radius 2 is 2.08 bits per heavy atom. The molecule has 0 amide bonds. The van der Waals surface area contributed by atoms with Gasteiger partial charge in [0.1, 0.15) is 5.78 Å². The molecular formula is C9H18N2O. The summed E-state index contributed by atoms with van der Waals surface area (Å²) in [6, 6.07) is 0. The molecule has 0 bridgehead atoms. The van der Waals surface area contributed by atoms with Crippen LogP contribution < -0.4 is 5.73 Å². The van der Waals surface area contributed by atoms with E-state index in [1.807, 2.05) is 0 Å². The van der Waals surface area contributed by atoms with Gasteiger partial charge in [-0.05, 0) is 12.5 Å². The van der Waals surface area contributed by atoms with E-state index in [9.17, 15) is 4.79 Å². The highest BCUT2D eigenvalue weighted by atomic mass is 16.1. The Hall–Kier alpha value is -0.410. The van der Waals surface area contributed by atoms with Crippen LogP contribution in [0.3, 0.4) is 0 Å². The number of nitrogens with zero attached hydrogens (tertiary/aromatic N) is 1. The van der Waals surface area contributed by atoms with Crippen molar-refractivity contribution in [1.29, 1.82) is 0 Å². The van der Waals surface area contributed by atoms with Crippen LogP contribution in [0.15, 0.2) is 0 Å². The van der Waals surface area contributed by atoms with Crippen LogP contribution >= 0.6 is 0 Å². The minimum absolute atomic E-state index is 0.409. The molecule has 70 valence electrons. The molecule has 1 saturated heterocycles. The maximum absolute atomic E-state index is 10.9. The summed E-state index contributed by atoms with van der Waals surface area (Å²) in [6.45, 7) is 5.80. The van der Waals surface area contributed by atoms with Gasteiger partial charge in [-0.15, -0.1) is 0 Å². The molecule has 0 aliphatic carbocycles. The molecule has 0 radical (unpaired) electrons. The molecule has 1 atom stereocenters. The van der Waals surface area contributed by atoms with Crippen LogP contribution in [-0.4, -0.2) is 36.9 Å². The normalized spacial score (nSPS) is 22.7. The van der Waals surface area contributed by atoms with Crippen LogP contribution in [0.4, 0.5) is 0 Å². The van der Waals surface area contributed by atoms with Gasteiger partial charge in [0.15, 0.2) is 0 Å². The van der Waals surface area contributed by atoms with Crippen LogP contribution in [0, 0.1) is 5.92 Å². The second-order valence-corrected chi connectivity index (χ2v) is 3.68. The highest BCUT2D eigenvalue weighted by Gasteiger charge is 2.16. The SMILES string of the molecule is CC(CN)CN1CCC(=O)CC1. The van der Waals surface area contributed by atoms with Gasteiger partial charge < -0.3 is 10.6 Å². The summed E-state index contributed by atoms with van der Waals surface area (Å²) in [7, 11) is 0. The van der Waals surface area contributed by atoms with Crippen LogP contribution in [0.25, 0.3) is 0 Å². The summed E-state index contributed by atoms with van der Waals surface area (Å²) in [5.41, 5.74) is 5.52. The van der Waals surface area contributed by atoms with Gasteiger partial charge in [-0.25, -0.2) is 0 Å². The standard InChI is InChI=1S/C9H18N2O/c1-8(6-10)7-11-4-2-9(12)3-5-11/h8H,2-7,10H2,1H3. The third kappa shape index (κ3) is 2.91. The predicted octanol–water partition coefficient (Wildman–Crippen LogP) is 0.246. The molecular weight excluding hydrogens is 152 g/mol. The van der Waals surface area contributed by atoms with Gasteiger partial charge in [0, 0.05) is 32.5 Å². The second kappa shape index (κ2) is 4.58. The van der Waals surface area contributed by atoms with Crippen molar-refractivity contribution in [3.05, 3.63) is 0 Å². The first-order valence-electron chi connectivity index (χ1n) is 4.66. The molecule has 1 unspecified atom stereocenters. The van der Waals surface area contributed by atoms with E-state index in [1.54, 1.807) is 0 Å². The van der Waals surface area contributed by atoms with E-state index in [-0.39, 0.29) is 0 Å². The van der Waals surface area contributed by atoms with E-state index in [4.69, 9.17) is 5.73 Å². The Labute approximate surface area is 73.9 Å². The van der Waals surface area contributed by atoms with Crippen LogP contribution in [0.1, 0.15) is 19.8 Å². The molecule has 1 heterocycles. The monoisotopic (exact) mass is 170 g/mol. The molecule has 3 nitrogen and oxygen atoms in total. The first kappa shape index (κ1) is 9.68. The van der Waals surface area contributed by atoms with Crippen molar-refractivity contribution in [2.45, 2.75) is 19.8 Å². The zero-order valence-corrected chi connectivity index (χ0v) is 7.75. The van der Waals surface area contributed by atoms with Crippen LogP contribution in [-0.2, 0) is 4.79 Å². The highest BCUT2D eigenvalue weighted by molar-refractivity contribution is 5.79. The quantitative estimate of drug-likeness (QED) is 0.660. The van der Waals surface area contributed by atoms with Gasteiger partial charge in [-0.2, -0.15) is 0 Å². The van der Waals surface area contributed by atoms with Crippen molar-refractivity contribution >= 4 is 5.78 Å². The number of ketones is 1. The minimum Gasteiger partial charge on any atom is -0.330 e. The third-order valence-corrected chi connectivity index (χ3v) is 2.39. The van der Waals surface area contributed by atoms with Gasteiger partial charge in [0.05, 0.1) is 0 Å². The second-order valence-electron chi connectivity index (χ2n) is 3.68. The van der Waals surface area contributed by atoms with Crippen molar-refractivity contribution in [2.75, 3.05) is 26.2 Å². The average Bonchev–Trinajstić information content (AvgIpc) is 2.09. The topological polar surface area (TPSA) is 46.3 Å². The molecule has 3 heteroatoms. The molecule has 12 heavy (non-hydrogen) atoms. The van der Waals surface area contributed by atoms with E-state index >= 15 is 0 Å². The number of Topliss-reactive ketones (excluding diaryl/α,β-unsaturated/α-hetero) is 1. The molecule has 0 saturated carbocycles. The average molecular weight is 170 g/mol. The highest BCUT2D eigenvalue weighted by Crippen LogP contribution is 2.07. The van der Waals surface area contributed by atoms with Gasteiger partial charge in [-0.3, -0.25) is 4.79 Å². The zero-order valence-electron chi connectivity index (χ0n) is 7.75. The van der Waals surface area contributed by atoms with Gasteiger partial charge in [0.2, 0.25) is 0 Å². The lowest BCUT2D eigenvalue weighted by molar-refractivity contribution is -0.121. The predicted molar refractivity (Wildman–Crippen MR) is 48.9 cm³/mol. The first-order valence-corrected chi connectivity index (χ1v) is 4.66. The van der Waals surface area contributed by atoms with E-state index in [1.165, 1.54) is 0 Å². The Morgan fingerprint density at radius 3 is 2.58 bits per heavy atom. The minimum atomic E-state index is 0.409. The number of carbonyl (C=O) groups is 1. The molecule has 0 spiro atoms. The maximum atomic E-state index is 10.9. The number of likely N-dealkylation sites (tertiary alicyclic amines) is 1. The number of carbonyl (C=O) groups excluding carboxylic acids is 1. The lowest BCUT2D eigenvalue weighted by atomic mass is 10.1. The Bertz CT molecular complexity index is 149. The molecule has 1 aliphatic heterocycles. The number of piperidine rings is 1. The van der Waals surface area contributed by atoms with Crippen molar-refractivity contribution < 1.29 is 4.79 Å². The first-order chi connectivity index (χ1) is 5.72. The number of rotatable bonds is 3. The fourth-order valence-electron chi connectivity index (χ4n) is 1.50. The van der Waals surface area contributed by atoms with Gasteiger partial charge >= 0.3 is 0 Å². The number of hydrogen-bond donors (Lipinski definition) is 1. The van der Waals surface area contributed by atoms with Crippen molar-refractivity contribution in [2.24, 2.45) is 11.7 Å².